The lowest BCUT2D eigenvalue weighted by Gasteiger charge is -2.25. The van der Waals surface area contributed by atoms with Crippen molar-refractivity contribution in [3.8, 4) is 5.75 Å². The van der Waals surface area contributed by atoms with Gasteiger partial charge in [0, 0.05) is 5.38 Å². The molecule has 2 fully saturated rings. The van der Waals surface area contributed by atoms with Crippen LogP contribution in [0.15, 0.2) is 24.3 Å². The highest BCUT2D eigenvalue weighted by molar-refractivity contribution is 6.20. The minimum absolute atomic E-state index is 0.371. The number of hydrogen-bond acceptors (Lipinski definition) is 1. The third kappa shape index (κ3) is 2.95. The Bertz CT molecular complexity index is 369. The molecule has 2 saturated carbocycles. The van der Waals surface area contributed by atoms with Gasteiger partial charge in [0.15, 0.2) is 0 Å². The zero-order chi connectivity index (χ0) is 11.7. The maximum absolute atomic E-state index is 6.24. The van der Waals surface area contributed by atoms with E-state index in [2.05, 4.69) is 24.3 Å². The molecule has 0 bridgehead atoms. The third-order valence-electron chi connectivity index (χ3n) is 3.79. The van der Waals surface area contributed by atoms with E-state index < -0.39 is 0 Å². The highest BCUT2D eigenvalue weighted by Crippen LogP contribution is 2.36. The normalized spacial score (nSPS) is 29.0. The molecule has 92 valence electrons. The van der Waals surface area contributed by atoms with E-state index >= 15 is 0 Å². The molecule has 0 N–H and O–H groups in total. The van der Waals surface area contributed by atoms with E-state index in [4.69, 9.17) is 16.3 Å². The first kappa shape index (κ1) is 11.4. The van der Waals surface area contributed by atoms with Crippen molar-refractivity contribution >= 4 is 11.6 Å². The highest BCUT2D eigenvalue weighted by Gasteiger charge is 2.24. The quantitative estimate of drug-likeness (QED) is 0.718. The molecule has 0 radical (unpaired) electrons. The average molecular weight is 251 g/mol. The van der Waals surface area contributed by atoms with Crippen molar-refractivity contribution in [1.29, 1.82) is 0 Å². The molecule has 0 aromatic heterocycles. The van der Waals surface area contributed by atoms with Gasteiger partial charge in [-0.3, -0.25) is 0 Å². The summed E-state index contributed by atoms with van der Waals surface area (Å²) >= 11 is 6.24. The maximum Gasteiger partial charge on any atom is 0.119 e. The molecule has 2 aliphatic carbocycles. The van der Waals surface area contributed by atoms with Crippen molar-refractivity contribution in [2.45, 2.75) is 55.9 Å². The Kier molecular flexibility index (Phi) is 3.28. The van der Waals surface area contributed by atoms with Gasteiger partial charge in [-0.1, -0.05) is 18.6 Å². The fourth-order valence-corrected chi connectivity index (χ4v) is 3.00. The molecule has 2 heteroatoms. The van der Waals surface area contributed by atoms with Crippen molar-refractivity contribution in [3.05, 3.63) is 29.8 Å². The van der Waals surface area contributed by atoms with Crippen molar-refractivity contribution in [2.75, 3.05) is 0 Å². The highest BCUT2D eigenvalue weighted by atomic mass is 35.5. The van der Waals surface area contributed by atoms with E-state index in [1.165, 1.54) is 37.7 Å². The Morgan fingerprint density at radius 2 is 1.76 bits per heavy atom. The zero-order valence-electron chi connectivity index (χ0n) is 10.1. The molecule has 1 nitrogen and oxygen atoms in total. The summed E-state index contributed by atoms with van der Waals surface area (Å²) in [7, 11) is 0. The lowest BCUT2D eigenvalue weighted by molar-refractivity contribution is 0.303. The van der Waals surface area contributed by atoms with Crippen LogP contribution in [-0.2, 0) is 0 Å². The molecule has 0 amide bonds. The summed E-state index contributed by atoms with van der Waals surface area (Å²) in [6.45, 7) is 0. The van der Waals surface area contributed by atoms with E-state index in [1.54, 1.807) is 0 Å². The molecular weight excluding hydrogens is 232 g/mol. The third-order valence-corrected chi connectivity index (χ3v) is 4.19. The Morgan fingerprint density at radius 1 is 1.00 bits per heavy atom. The summed E-state index contributed by atoms with van der Waals surface area (Å²) in [5.41, 5.74) is 1.43. The molecule has 17 heavy (non-hydrogen) atoms. The van der Waals surface area contributed by atoms with Gasteiger partial charge in [0.25, 0.3) is 0 Å². The van der Waals surface area contributed by atoms with Gasteiger partial charge in [-0.2, -0.15) is 0 Å². The van der Waals surface area contributed by atoms with Gasteiger partial charge in [0.05, 0.1) is 6.10 Å². The summed E-state index contributed by atoms with van der Waals surface area (Å²) in [5, 5.41) is 0.371. The van der Waals surface area contributed by atoms with Crippen LogP contribution in [0, 0.1) is 0 Å². The molecule has 2 unspecified atom stereocenters. The average Bonchev–Trinajstić information content (AvgIpc) is 3.14. The standard InChI is InChI=1S/C15H19ClO/c16-13-3-1-2-12(10-13)11-4-6-14(7-5-11)17-15-8-9-15/h4-7,12-13,15H,1-3,8-10H2. The summed E-state index contributed by atoms with van der Waals surface area (Å²) in [6, 6.07) is 8.67. The SMILES string of the molecule is ClC1CCCC(c2ccc(OC3CC3)cc2)C1. The van der Waals surface area contributed by atoms with E-state index in [0.29, 0.717) is 17.4 Å². The lowest BCUT2D eigenvalue weighted by Crippen LogP contribution is -2.13. The van der Waals surface area contributed by atoms with Gasteiger partial charge in [0.1, 0.15) is 5.75 Å². The Balaban J connectivity index is 1.65. The molecule has 3 rings (SSSR count). The predicted molar refractivity (Wildman–Crippen MR) is 70.9 cm³/mol. The van der Waals surface area contributed by atoms with Crippen molar-refractivity contribution in [3.63, 3.8) is 0 Å². The summed E-state index contributed by atoms with van der Waals surface area (Å²) in [4.78, 5) is 0. The second kappa shape index (κ2) is 4.89. The fraction of sp³-hybridized carbons (Fsp3) is 0.600. The van der Waals surface area contributed by atoms with Crippen LogP contribution in [0.2, 0.25) is 0 Å². The number of rotatable bonds is 3. The summed E-state index contributed by atoms with van der Waals surface area (Å²) in [6.07, 6.45) is 7.79. The van der Waals surface area contributed by atoms with Crippen molar-refractivity contribution < 1.29 is 4.74 Å². The van der Waals surface area contributed by atoms with Crippen molar-refractivity contribution in [2.24, 2.45) is 0 Å². The number of alkyl halides is 1. The van der Waals surface area contributed by atoms with E-state index in [-0.39, 0.29) is 0 Å². The molecule has 0 spiro atoms. The second-order valence-electron chi connectivity index (χ2n) is 5.35. The molecule has 2 aliphatic rings. The number of hydrogen-bond donors (Lipinski definition) is 0. The Morgan fingerprint density at radius 3 is 2.41 bits per heavy atom. The van der Waals surface area contributed by atoms with Crippen molar-refractivity contribution in [1.82, 2.24) is 0 Å². The first-order chi connectivity index (χ1) is 8.31. The largest absolute Gasteiger partial charge is 0.490 e. The first-order valence-electron chi connectivity index (χ1n) is 6.72. The van der Waals surface area contributed by atoms with Gasteiger partial charge in [-0.25, -0.2) is 0 Å². The van der Waals surface area contributed by atoms with Gasteiger partial charge >= 0.3 is 0 Å². The maximum atomic E-state index is 6.24. The van der Waals surface area contributed by atoms with E-state index in [9.17, 15) is 0 Å². The molecule has 1 aromatic carbocycles. The smallest absolute Gasteiger partial charge is 0.119 e. The van der Waals surface area contributed by atoms with Gasteiger partial charge in [0.2, 0.25) is 0 Å². The van der Waals surface area contributed by atoms with Crippen LogP contribution in [0.25, 0.3) is 0 Å². The lowest BCUT2D eigenvalue weighted by atomic mass is 9.84. The van der Waals surface area contributed by atoms with Crippen LogP contribution >= 0.6 is 11.6 Å². The van der Waals surface area contributed by atoms with E-state index in [1.807, 2.05) is 0 Å². The number of benzene rings is 1. The number of halogens is 1. The first-order valence-corrected chi connectivity index (χ1v) is 7.15. The van der Waals surface area contributed by atoms with Gasteiger partial charge in [-0.05, 0) is 55.7 Å². The van der Waals surface area contributed by atoms with Gasteiger partial charge < -0.3 is 4.74 Å². The monoisotopic (exact) mass is 250 g/mol. The van der Waals surface area contributed by atoms with Crippen LogP contribution in [0.4, 0.5) is 0 Å². The van der Waals surface area contributed by atoms with Gasteiger partial charge in [-0.15, -0.1) is 11.6 Å². The summed E-state index contributed by atoms with van der Waals surface area (Å²) < 4.78 is 5.76. The Hall–Kier alpha value is -0.690. The Labute approximate surface area is 108 Å². The molecule has 0 saturated heterocycles. The zero-order valence-corrected chi connectivity index (χ0v) is 10.8. The molecule has 2 atom stereocenters. The molecule has 0 aliphatic heterocycles. The van der Waals surface area contributed by atoms with Crippen LogP contribution in [0.5, 0.6) is 5.75 Å². The number of ether oxygens (including phenoxy) is 1. The van der Waals surface area contributed by atoms with Crippen LogP contribution in [0.3, 0.4) is 0 Å². The minimum atomic E-state index is 0.371. The topological polar surface area (TPSA) is 9.23 Å². The van der Waals surface area contributed by atoms with Crippen LogP contribution < -0.4 is 4.74 Å². The predicted octanol–water partition coefficient (Wildman–Crippen LogP) is 4.49. The summed E-state index contributed by atoms with van der Waals surface area (Å²) in [5.74, 6) is 1.68. The fourth-order valence-electron chi connectivity index (χ4n) is 2.63. The van der Waals surface area contributed by atoms with E-state index in [0.717, 1.165) is 12.2 Å². The minimum Gasteiger partial charge on any atom is -0.490 e. The second-order valence-corrected chi connectivity index (χ2v) is 5.96. The molecular formula is C15H19ClO. The van der Waals surface area contributed by atoms with Crippen LogP contribution in [0.1, 0.15) is 50.0 Å². The van der Waals surface area contributed by atoms with Crippen LogP contribution in [-0.4, -0.2) is 11.5 Å². The molecule has 0 heterocycles. The molecule has 1 aromatic rings.